The minimum Gasteiger partial charge on any atom is -0.321 e. The highest BCUT2D eigenvalue weighted by Crippen LogP contribution is 2.20. The lowest BCUT2D eigenvalue weighted by molar-refractivity contribution is 0.102. The summed E-state index contributed by atoms with van der Waals surface area (Å²) in [5.41, 5.74) is 2.16. The van der Waals surface area contributed by atoms with Gasteiger partial charge in [0.25, 0.3) is 5.91 Å². The van der Waals surface area contributed by atoms with Crippen LogP contribution < -0.4 is 5.32 Å². The van der Waals surface area contributed by atoms with Crippen molar-refractivity contribution in [2.24, 2.45) is 0 Å². The Kier molecular flexibility index (Phi) is 5.22. The van der Waals surface area contributed by atoms with Crippen LogP contribution in [0.15, 0.2) is 65.2 Å². The van der Waals surface area contributed by atoms with Gasteiger partial charge in [0.05, 0.1) is 16.9 Å². The summed E-state index contributed by atoms with van der Waals surface area (Å²) in [7, 11) is 0. The zero-order valence-corrected chi connectivity index (χ0v) is 14.9. The Balaban J connectivity index is 1.81. The Hall–Kier alpha value is -2.25. The molecule has 0 aliphatic rings. The second-order valence-corrected chi connectivity index (χ2v) is 6.48. The summed E-state index contributed by atoms with van der Waals surface area (Å²) in [5, 5.41) is 4.67. The van der Waals surface area contributed by atoms with E-state index in [1.807, 2.05) is 53.6 Å². The molecule has 0 saturated heterocycles. The van der Waals surface area contributed by atoms with Crippen LogP contribution in [-0.2, 0) is 0 Å². The number of anilines is 1. The molecule has 3 aromatic rings. The van der Waals surface area contributed by atoms with E-state index < -0.39 is 0 Å². The van der Waals surface area contributed by atoms with Gasteiger partial charge in [0.2, 0.25) is 0 Å². The molecule has 2 heterocycles. The number of hydrogen-bond donors (Lipinski definition) is 1. The minimum absolute atomic E-state index is 0.165. The number of thioether (sulfide) groups is 2. The Bertz CT molecular complexity index is 846. The number of benzene rings is 1. The molecule has 1 aromatic carbocycles. The lowest BCUT2D eigenvalue weighted by atomic mass is 10.2. The maximum absolute atomic E-state index is 12.5. The first-order chi connectivity index (χ1) is 11.7. The summed E-state index contributed by atoms with van der Waals surface area (Å²) >= 11 is 3.12. The molecule has 3 rings (SSSR count). The van der Waals surface area contributed by atoms with Crippen molar-refractivity contribution >= 4 is 35.1 Å². The van der Waals surface area contributed by atoms with Crippen LogP contribution in [0.4, 0.5) is 5.69 Å². The number of rotatable bonds is 5. The highest BCUT2D eigenvalue weighted by Gasteiger charge is 2.09. The van der Waals surface area contributed by atoms with Crippen molar-refractivity contribution in [3.8, 4) is 5.69 Å². The summed E-state index contributed by atoms with van der Waals surface area (Å²) in [6.45, 7) is 0. The van der Waals surface area contributed by atoms with Crippen molar-refractivity contribution in [3.05, 3.63) is 60.6 Å². The van der Waals surface area contributed by atoms with Crippen LogP contribution in [0.3, 0.4) is 0 Å². The Labute approximate surface area is 148 Å². The zero-order chi connectivity index (χ0) is 16.9. The standard InChI is InChI=1S/C17H16N4OS2/c1-23-15-7-6-13(11-19-15)20-16(22)12-4-3-5-14(10-12)21-9-8-18-17(21)24-2/h3-11H,1-2H3,(H,20,22). The highest BCUT2D eigenvalue weighted by atomic mass is 32.2. The SMILES string of the molecule is CSc1ccc(NC(=O)c2cccc(-n3ccnc3SC)c2)cn1. The number of nitrogens with zero attached hydrogens (tertiary/aromatic N) is 3. The average molecular weight is 356 g/mol. The molecule has 7 heteroatoms. The predicted molar refractivity (Wildman–Crippen MR) is 99.3 cm³/mol. The summed E-state index contributed by atoms with van der Waals surface area (Å²) in [4.78, 5) is 21.0. The second kappa shape index (κ2) is 7.55. The third-order valence-corrected chi connectivity index (χ3v) is 4.71. The summed E-state index contributed by atoms with van der Waals surface area (Å²) in [6, 6.07) is 11.2. The third kappa shape index (κ3) is 3.63. The van der Waals surface area contributed by atoms with Gasteiger partial charge in [-0.25, -0.2) is 9.97 Å². The van der Waals surface area contributed by atoms with E-state index >= 15 is 0 Å². The summed E-state index contributed by atoms with van der Waals surface area (Å²) in [5.74, 6) is -0.165. The molecule has 0 spiro atoms. The van der Waals surface area contributed by atoms with Gasteiger partial charge in [0, 0.05) is 23.6 Å². The fraction of sp³-hybridized carbons (Fsp3) is 0.118. The molecule has 1 amide bonds. The van der Waals surface area contributed by atoms with Gasteiger partial charge in [-0.3, -0.25) is 9.36 Å². The van der Waals surface area contributed by atoms with Gasteiger partial charge in [0.15, 0.2) is 5.16 Å². The van der Waals surface area contributed by atoms with Crippen molar-refractivity contribution < 1.29 is 4.79 Å². The maximum Gasteiger partial charge on any atom is 0.255 e. The Morgan fingerprint density at radius 2 is 2.00 bits per heavy atom. The van der Waals surface area contributed by atoms with E-state index in [2.05, 4.69) is 15.3 Å². The number of imidazole rings is 1. The maximum atomic E-state index is 12.5. The number of aromatic nitrogens is 3. The Morgan fingerprint density at radius 1 is 1.12 bits per heavy atom. The molecule has 0 bridgehead atoms. The van der Waals surface area contributed by atoms with Crippen molar-refractivity contribution in [2.75, 3.05) is 17.8 Å². The molecule has 5 nitrogen and oxygen atoms in total. The van der Waals surface area contributed by atoms with Gasteiger partial charge >= 0.3 is 0 Å². The predicted octanol–water partition coefficient (Wildman–Crippen LogP) is 3.96. The molecule has 0 radical (unpaired) electrons. The average Bonchev–Trinajstić information content (AvgIpc) is 3.11. The van der Waals surface area contributed by atoms with E-state index in [9.17, 15) is 4.79 Å². The topological polar surface area (TPSA) is 59.8 Å². The molecule has 0 aliphatic carbocycles. The molecule has 0 saturated carbocycles. The molecular weight excluding hydrogens is 340 g/mol. The van der Waals surface area contributed by atoms with E-state index in [1.54, 1.807) is 42.0 Å². The van der Waals surface area contributed by atoms with Crippen LogP contribution in [-0.4, -0.2) is 33.0 Å². The number of carbonyl (C=O) groups is 1. The van der Waals surface area contributed by atoms with Gasteiger partial charge in [-0.05, 0) is 42.8 Å². The first kappa shape index (κ1) is 16.6. The summed E-state index contributed by atoms with van der Waals surface area (Å²) in [6.07, 6.45) is 9.23. The smallest absolute Gasteiger partial charge is 0.255 e. The van der Waals surface area contributed by atoms with E-state index in [1.165, 1.54) is 0 Å². The van der Waals surface area contributed by atoms with Crippen molar-refractivity contribution in [1.82, 2.24) is 14.5 Å². The van der Waals surface area contributed by atoms with Crippen molar-refractivity contribution in [2.45, 2.75) is 10.2 Å². The molecular formula is C17H16N4OS2. The summed E-state index contributed by atoms with van der Waals surface area (Å²) < 4.78 is 1.95. The fourth-order valence-electron chi connectivity index (χ4n) is 2.21. The van der Waals surface area contributed by atoms with E-state index in [-0.39, 0.29) is 5.91 Å². The van der Waals surface area contributed by atoms with Gasteiger partial charge < -0.3 is 5.32 Å². The number of amides is 1. The molecule has 0 fully saturated rings. The third-order valence-electron chi connectivity index (χ3n) is 3.38. The first-order valence-corrected chi connectivity index (χ1v) is 9.65. The highest BCUT2D eigenvalue weighted by molar-refractivity contribution is 7.98. The molecule has 1 N–H and O–H groups in total. The molecule has 24 heavy (non-hydrogen) atoms. The van der Waals surface area contributed by atoms with Crippen LogP contribution in [0.5, 0.6) is 0 Å². The van der Waals surface area contributed by atoms with Crippen LogP contribution in [0.2, 0.25) is 0 Å². The van der Waals surface area contributed by atoms with Gasteiger partial charge in [0.1, 0.15) is 0 Å². The van der Waals surface area contributed by atoms with E-state index in [0.717, 1.165) is 15.9 Å². The van der Waals surface area contributed by atoms with Crippen molar-refractivity contribution in [1.29, 1.82) is 0 Å². The lowest BCUT2D eigenvalue weighted by Gasteiger charge is -2.09. The number of pyridine rings is 1. The minimum atomic E-state index is -0.165. The van der Waals surface area contributed by atoms with Crippen LogP contribution in [0.1, 0.15) is 10.4 Å². The van der Waals surface area contributed by atoms with Gasteiger partial charge in [-0.1, -0.05) is 17.8 Å². The Morgan fingerprint density at radius 3 is 2.71 bits per heavy atom. The first-order valence-electron chi connectivity index (χ1n) is 7.20. The number of hydrogen-bond acceptors (Lipinski definition) is 5. The molecule has 0 unspecified atom stereocenters. The van der Waals surface area contributed by atoms with Crippen LogP contribution >= 0.6 is 23.5 Å². The zero-order valence-electron chi connectivity index (χ0n) is 13.3. The molecule has 122 valence electrons. The van der Waals surface area contributed by atoms with E-state index in [0.29, 0.717) is 11.3 Å². The van der Waals surface area contributed by atoms with Gasteiger partial charge in [-0.2, -0.15) is 0 Å². The van der Waals surface area contributed by atoms with Crippen LogP contribution in [0.25, 0.3) is 5.69 Å². The molecule has 0 atom stereocenters. The largest absolute Gasteiger partial charge is 0.321 e. The fourth-order valence-corrected chi connectivity index (χ4v) is 3.10. The molecule has 2 aromatic heterocycles. The van der Waals surface area contributed by atoms with E-state index in [4.69, 9.17) is 0 Å². The van der Waals surface area contributed by atoms with Crippen molar-refractivity contribution in [3.63, 3.8) is 0 Å². The number of nitrogens with one attached hydrogen (secondary N) is 1. The lowest BCUT2D eigenvalue weighted by Crippen LogP contribution is -2.12. The normalized spacial score (nSPS) is 10.6. The number of carbonyl (C=O) groups excluding carboxylic acids is 1. The second-order valence-electron chi connectivity index (χ2n) is 4.88. The molecule has 0 aliphatic heterocycles. The van der Waals surface area contributed by atoms with Crippen LogP contribution in [0, 0.1) is 0 Å². The van der Waals surface area contributed by atoms with Gasteiger partial charge in [-0.15, -0.1) is 11.8 Å². The quantitative estimate of drug-likeness (QED) is 0.701. The monoisotopic (exact) mass is 356 g/mol.